The Bertz CT molecular complexity index is 1190. The Kier molecular flexibility index (Phi) is 7.44. The van der Waals surface area contributed by atoms with Gasteiger partial charge in [0.1, 0.15) is 11.3 Å². The fourth-order valence-corrected chi connectivity index (χ4v) is 4.32. The van der Waals surface area contributed by atoms with E-state index in [2.05, 4.69) is 33.2 Å². The van der Waals surface area contributed by atoms with Crippen molar-refractivity contribution in [3.63, 3.8) is 0 Å². The van der Waals surface area contributed by atoms with Gasteiger partial charge in [0.15, 0.2) is 0 Å². The van der Waals surface area contributed by atoms with Crippen molar-refractivity contribution in [1.82, 2.24) is 9.88 Å². The Morgan fingerprint density at radius 3 is 2.62 bits per heavy atom. The number of carbonyl (C=O) groups excluding carboxylic acids is 1. The molecule has 0 unspecified atom stereocenters. The number of pyridine rings is 1. The monoisotopic (exact) mass is 482 g/mol. The van der Waals surface area contributed by atoms with Crippen LogP contribution in [0.4, 0.5) is 17.1 Å². The summed E-state index contributed by atoms with van der Waals surface area (Å²) in [7, 11) is 2.13. The Hall–Kier alpha value is -3.03. The van der Waals surface area contributed by atoms with E-state index in [9.17, 15) is 4.79 Å². The van der Waals surface area contributed by atoms with E-state index in [0.29, 0.717) is 22.9 Å². The van der Waals surface area contributed by atoms with E-state index in [1.807, 2.05) is 38.1 Å². The van der Waals surface area contributed by atoms with E-state index in [1.165, 1.54) is 0 Å². The molecule has 8 heteroatoms. The number of rotatable bonds is 7. The molecular weight excluding hydrogens is 452 g/mol. The molecule has 1 N–H and O–H groups in total. The van der Waals surface area contributed by atoms with Gasteiger partial charge in [-0.05, 0) is 51.6 Å². The number of carbonyl (C=O) groups is 1. The van der Waals surface area contributed by atoms with Crippen LogP contribution in [0.25, 0.3) is 10.9 Å². The Balaban J connectivity index is 1.90. The van der Waals surface area contributed by atoms with Crippen molar-refractivity contribution >= 4 is 45.5 Å². The number of esters is 1. The summed E-state index contributed by atoms with van der Waals surface area (Å²) in [5.41, 5.74) is 4.47. The van der Waals surface area contributed by atoms with Crippen LogP contribution in [0.1, 0.15) is 29.8 Å². The van der Waals surface area contributed by atoms with E-state index < -0.39 is 5.97 Å². The third-order valence-electron chi connectivity index (χ3n) is 6.12. The van der Waals surface area contributed by atoms with Crippen LogP contribution in [0.2, 0.25) is 5.02 Å². The standard InChI is InChI=1S/C26H31ClN4O3/c1-5-33-24-15-22-18(14-23(24)31-12-10-30(4)11-13-31)25(19(16-28-22)26(32)34-6-2)29-21-9-7-8-20(27)17(21)3/h7-9,14-16H,5-6,10-13H2,1-4H3,(H,28,29). The first kappa shape index (κ1) is 24.1. The number of halogens is 1. The summed E-state index contributed by atoms with van der Waals surface area (Å²) in [6, 6.07) is 9.70. The molecule has 1 fully saturated rings. The molecule has 1 aliphatic heterocycles. The molecule has 1 saturated heterocycles. The minimum absolute atomic E-state index is 0.280. The van der Waals surface area contributed by atoms with Crippen molar-refractivity contribution in [2.45, 2.75) is 20.8 Å². The van der Waals surface area contributed by atoms with Crippen molar-refractivity contribution < 1.29 is 14.3 Å². The highest BCUT2D eigenvalue weighted by Gasteiger charge is 2.23. The third-order valence-corrected chi connectivity index (χ3v) is 6.52. The van der Waals surface area contributed by atoms with Gasteiger partial charge < -0.3 is 24.6 Å². The summed E-state index contributed by atoms with van der Waals surface area (Å²) in [6.07, 6.45) is 1.56. The van der Waals surface area contributed by atoms with E-state index in [1.54, 1.807) is 13.1 Å². The molecule has 1 aliphatic rings. The van der Waals surface area contributed by atoms with Gasteiger partial charge in [0.05, 0.1) is 30.1 Å². The predicted molar refractivity (Wildman–Crippen MR) is 138 cm³/mol. The number of fused-ring (bicyclic) bond motifs is 1. The molecule has 4 rings (SSSR count). The highest BCUT2D eigenvalue weighted by atomic mass is 35.5. The van der Waals surface area contributed by atoms with Gasteiger partial charge in [0, 0.05) is 54.5 Å². The van der Waals surface area contributed by atoms with Gasteiger partial charge in [-0.3, -0.25) is 4.98 Å². The van der Waals surface area contributed by atoms with Gasteiger partial charge in [-0.2, -0.15) is 0 Å². The lowest BCUT2D eigenvalue weighted by atomic mass is 10.1. The topological polar surface area (TPSA) is 66.9 Å². The zero-order chi connectivity index (χ0) is 24.2. The van der Waals surface area contributed by atoms with Gasteiger partial charge in [0.2, 0.25) is 0 Å². The average molecular weight is 483 g/mol. The first-order valence-corrected chi connectivity index (χ1v) is 12.0. The van der Waals surface area contributed by atoms with Crippen LogP contribution in [0.5, 0.6) is 5.75 Å². The summed E-state index contributed by atoms with van der Waals surface area (Å²) in [6.45, 7) is 10.3. The normalized spacial score (nSPS) is 14.3. The number of nitrogens with one attached hydrogen (secondary N) is 1. The number of anilines is 3. The molecule has 0 spiro atoms. The summed E-state index contributed by atoms with van der Waals surface area (Å²) in [5.74, 6) is 0.370. The quantitative estimate of drug-likeness (QED) is 0.460. The van der Waals surface area contributed by atoms with Crippen LogP contribution in [-0.4, -0.2) is 62.3 Å². The highest BCUT2D eigenvalue weighted by molar-refractivity contribution is 6.31. The van der Waals surface area contributed by atoms with E-state index >= 15 is 0 Å². The number of ether oxygens (including phenoxy) is 2. The second-order valence-corrected chi connectivity index (χ2v) is 8.77. The van der Waals surface area contributed by atoms with E-state index in [-0.39, 0.29) is 6.61 Å². The second-order valence-electron chi connectivity index (χ2n) is 8.37. The lowest BCUT2D eigenvalue weighted by Crippen LogP contribution is -2.44. The lowest BCUT2D eigenvalue weighted by molar-refractivity contribution is 0.0527. The fraction of sp³-hybridized carbons (Fsp3) is 0.385. The lowest BCUT2D eigenvalue weighted by Gasteiger charge is -2.35. The molecule has 34 heavy (non-hydrogen) atoms. The van der Waals surface area contributed by atoms with Crippen molar-refractivity contribution in [3.8, 4) is 5.75 Å². The van der Waals surface area contributed by atoms with E-state index in [0.717, 1.165) is 59.8 Å². The zero-order valence-corrected chi connectivity index (χ0v) is 20.9. The van der Waals surface area contributed by atoms with Gasteiger partial charge in [-0.15, -0.1) is 0 Å². The molecule has 0 atom stereocenters. The van der Waals surface area contributed by atoms with Crippen molar-refractivity contribution in [1.29, 1.82) is 0 Å². The summed E-state index contributed by atoms with van der Waals surface area (Å²) >= 11 is 6.37. The molecule has 3 aromatic rings. The summed E-state index contributed by atoms with van der Waals surface area (Å²) in [4.78, 5) is 22.1. The highest BCUT2D eigenvalue weighted by Crippen LogP contribution is 2.39. The number of nitrogens with zero attached hydrogens (tertiary/aromatic N) is 3. The van der Waals surface area contributed by atoms with Crippen LogP contribution < -0.4 is 15.0 Å². The first-order chi connectivity index (χ1) is 16.4. The van der Waals surface area contributed by atoms with Crippen LogP contribution in [0.3, 0.4) is 0 Å². The second kappa shape index (κ2) is 10.5. The molecule has 1 aromatic heterocycles. The maximum absolute atomic E-state index is 12.9. The molecular formula is C26H31ClN4O3. The molecule has 0 radical (unpaired) electrons. The summed E-state index contributed by atoms with van der Waals surface area (Å²) < 4.78 is 11.4. The maximum Gasteiger partial charge on any atom is 0.341 e. The largest absolute Gasteiger partial charge is 0.492 e. The number of aromatic nitrogens is 1. The molecule has 0 bridgehead atoms. The number of hydrogen-bond acceptors (Lipinski definition) is 7. The number of likely N-dealkylation sites (N-methyl/N-ethyl adjacent to an activating group) is 1. The number of piperazine rings is 1. The molecule has 7 nitrogen and oxygen atoms in total. The summed E-state index contributed by atoms with van der Waals surface area (Å²) in [5, 5.41) is 4.93. The van der Waals surface area contributed by atoms with Gasteiger partial charge in [-0.25, -0.2) is 4.79 Å². The number of hydrogen-bond donors (Lipinski definition) is 1. The van der Waals surface area contributed by atoms with Crippen LogP contribution >= 0.6 is 11.6 Å². The molecule has 0 amide bonds. The Labute approximate surface area is 205 Å². The molecule has 2 aromatic carbocycles. The van der Waals surface area contributed by atoms with Crippen LogP contribution in [-0.2, 0) is 4.74 Å². The van der Waals surface area contributed by atoms with Crippen molar-refractivity contribution in [3.05, 3.63) is 52.7 Å². The molecule has 0 aliphatic carbocycles. The Morgan fingerprint density at radius 2 is 1.91 bits per heavy atom. The number of benzene rings is 2. The maximum atomic E-state index is 12.9. The predicted octanol–water partition coefficient (Wildman–Crippen LogP) is 5.27. The third kappa shape index (κ3) is 4.91. The minimum Gasteiger partial charge on any atom is -0.492 e. The fourth-order valence-electron chi connectivity index (χ4n) is 4.15. The SMILES string of the molecule is CCOC(=O)c1cnc2cc(OCC)c(N3CCN(C)CC3)cc2c1Nc1cccc(Cl)c1C. The zero-order valence-electron chi connectivity index (χ0n) is 20.2. The van der Waals surface area contributed by atoms with Crippen molar-refractivity contribution in [2.24, 2.45) is 0 Å². The smallest absolute Gasteiger partial charge is 0.341 e. The van der Waals surface area contributed by atoms with Gasteiger partial charge >= 0.3 is 5.97 Å². The minimum atomic E-state index is -0.422. The molecule has 0 saturated carbocycles. The van der Waals surface area contributed by atoms with Gasteiger partial charge in [-0.1, -0.05) is 17.7 Å². The van der Waals surface area contributed by atoms with Gasteiger partial charge in [0.25, 0.3) is 0 Å². The molecule has 180 valence electrons. The first-order valence-electron chi connectivity index (χ1n) is 11.6. The van der Waals surface area contributed by atoms with E-state index in [4.69, 9.17) is 21.1 Å². The molecule has 2 heterocycles. The Morgan fingerprint density at radius 1 is 1.15 bits per heavy atom. The van der Waals surface area contributed by atoms with Crippen LogP contribution in [0.15, 0.2) is 36.5 Å². The van der Waals surface area contributed by atoms with Crippen molar-refractivity contribution in [2.75, 3.05) is 56.7 Å². The average Bonchev–Trinajstić information content (AvgIpc) is 2.82. The van der Waals surface area contributed by atoms with Crippen LogP contribution in [0, 0.1) is 6.92 Å².